The Balaban J connectivity index is 1.94. The molecular weight excluding hydrogens is 208 g/mol. The van der Waals surface area contributed by atoms with Gasteiger partial charge in [-0.25, -0.2) is 0 Å². The summed E-state index contributed by atoms with van der Waals surface area (Å²) in [6.07, 6.45) is 4.05. The average Bonchev–Trinajstić information content (AvgIpc) is 2.89. The van der Waals surface area contributed by atoms with Crippen molar-refractivity contribution in [1.82, 2.24) is 0 Å². The van der Waals surface area contributed by atoms with E-state index < -0.39 is 5.79 Å². The zero-order chi connectivity index (χ0) is 11.2. The van der Waals surface area contributed by atoms with Gasteiger partial charge in [0.1, 0.15) is 5.78 Å². The highest BCUT2D eigenvalue weighted by Crippen LogP contribution is 2.50. The van der Waals surface area contributed by atoms with E-state index in [0.29, 0.717) is 19.6 Å². The van der Waals surface area contributed by atoms with E-state index in [2.05, 4.69) is 0 Å². The Kier molecular flexibility index (Phi) is 2.38. The minimum Gasteiger partial charge on any atom is -0.396 e. The van der Waals surface area contributed by atoms with E-state index in [9.17, 15) is 9.90 Å². The number of carbonyl (C=O) groups excluding carboxylic acids is 1. The van der Waals surface area contributed by atoms with Crippen LogP contribution in [0.2, 0.25) is 0 Å². The molecule has 0 radical (unpaired) electrons. The van der Waals surface area contributed by atoms with E-state index in [4.69, 9.17) is 9.47 Å². The summed E-state index contributed by atoms with van der Waals surface area (Å²) in [5, 5.41) is 9.31. The van der Waals surface area contributed by atoms with Gasteiger partial charge in [0.05, 0.1) is 19.8 Å². The van der Waals surface area contributed by atoms with Gasteiger partial charge in [0.25, 0.3) is 0 Å². The van der Waals surface area contributed by atoms with Crippen LogP contribution < -0.4 is 0 Å². The van der Waals surface area contributed by atoms with Crippen molar-refractivity contribution in [3.05, 3.63) is 11.6 Å². The molecule has 2 fully saturated rings. The first kappa shape index (κ1) is 10.4. The van der Waals surface area contributed by atoms with Crippen molar-refractivity contribution in [2.75, 3.05) is 19.8 Å². The van der Waals surface area contributed by atoms with E-state index in [1.165, 1.54) is 0 Å². The third kappa shape index (κ3) is 1.30. The molecule has 0 aromatic heterocycles. The maximum atomic E-state index is 11.7. The van der Waals surface area contributed by atoms with Crippen molar-refractivity contribution in [3.8, 4) is 0 Å². The molecule has 2 aliphatic carbocycles. The Labute approximate surface area is 94.2 Å². The fourth-order valence-corrected chi connectivity index (χ4v) is 3.23. The monoisotopic (exact) mass is 224 g/mol. The highest BCUT2D eigenvalue weighted by Gasteiger charge is 2.52. The number of aliphatic hydroxyl groups excluding tert-OH is 1. The smallest absolute Gasteiger partial charge is 0.191 e. The van der Waals surface area contributed by atoms with Gasteiger partial charge in [-0.15, -0.1) is 0 Å². The number of fused-ring (bicyclic) bond motifs is 2. The van der Waals surface area contributed by atoms with Gasteiger partial charge >= 0.3 is 0 Å². The average molecular weight is 224 g/mol. The van der Waals surface area contributed by atoms with Crippen LogP contribution in [0.5, 0.6) is 0 Å². The maximum Gasteiger partial charge on any atom is 0.191 e. The first-order valence-electron chi connectivity index (χ1n) is 5.89. The normalized spacial score (nSPS) is 36.6. The topological polar surface area (TPSA) is 55.8 Å². The van der Waals surface area contributed by atoms with Crippen LogP contribution in [0.1, 0.15) is 19.3 Å². The summed E-state index contributed by atoms with van der Waals surface area (Å²) >= 11 is 0. The van der Waals surface area contributed by atoms with Gasteiger partial charge in [-0.3, -0.25) is 4.79 Å². The third-order valence-corrected chi connectivity index (χ3v) is 4.00. The lowest BCUT2D eigenvalue weighted by Gasteiger charge is -2.31. The highest BCUT2D eigenvalue weighted by molar-refractivity contribution is 5.85. The molecule has 0 bridgehead atoms. The quantitative estimate of drug-likeness (QED) is 0.664. The fourth-order valence-electron chi connectivity index (χ4n) is 3.23. The summed E-state index contributed by atoms with van der Waals surface area (Å²) in [6, 6.07) is 0. The first-order valence-corrected chi connectivity index (χ1v) is 5.89. The van der Waals surface area contributed by atoms with E-state index in [1.807, 2.05) is 6.08 Å². The Hall–Kier alpha value is -0.710. The standard InChI is InChI=1S/C12H16O4/c13-7-9-8-3-4-12(15-5-6-16-12)10(8)1-2-11(9)14/h1,8-9,13H,2-7H2. The Bertz CT molecular complexity index is 341. The summed E-state index contributed by atoms with van der Waals surface area (Å²) in [5.74, 6) is -0.526. The molecule has 1 heterocycles. The van der Waals surface area contributed by atoms with Crippen LogP contribution >= 0.6 is 0 Å². The van der Waals surface area contributed by atoms with Gasteiger partial charge in [0.15, 0.2) is 5.79 Å². The molecule has 0 amide bonds. The van der Waals surface area contributed by atoms with Gasteiger partial charge in [-0.05, 0) is 17.9 Å². The number of rotatable bonds is 1. The number of hydrogen-bond donors (Lipinski definition) is 1. The lowest BCUT2D eigenvalue weighted by molar-refractivity contribution is -0.129. The Morgan fingerprint density at radius 1 is 1.44 bits per heavy atom. The molecule has 0 aromatic rings. The summed E-state index contributed by atoms with van der Waals surface area (Å²) in [4.78, 5) is 11.7. The Morgan fingerprint density at radius 3 is 2.88 bits per heavy atom. The van der Waals surface area contributed by atoms with Gasteiger partial charge in [0.2, 0.25) is 0 Å². The molecule has 1 aliphatic heterocycles. The van der Waals surface area contributed by atoms with Crippen LogP contribution in [-0.2, 0) is 14.3 Å². The molecule has 3 rings (SSSR count). The molecule has 3 aliphatic rings. The molecule has 1 N–H and O–H groups in total. The van der Waals surface area contributed by atoms with E-state index in [1.54, 1.807) is 0 Å². The van der Waals surface area contributed by atoms with Crippen molar-refractivity contribution in [3.63, 3.8) is 0 Å². The van der Waals surface area contributed by atoms with Crippen LogP contribution in [-0.4, -0.2) is 36.5 Å². The van der Waals surface area contributed by atoms with Crippen molar-refractivity contribution < 1.29 is 19.4 Å². The first-order chi connectivity index (χ1) is 7.77. The second kappa shape index (κ2) is 3.65. The molecule has 16 heavy (non-hydrogen) atoms. The molecule has 88 valence electrons. The summed E-state index contributed by atoms with van der Waals surface area (Å²) in [7, 11) is 0. The van der Waals surface area contributed by atoms with Crippen molar-refractivity contribution in [2.45, 2.75) is 25.0 Å². The lowest BCUT2D eigenvalue weighted by Crippen LogP contribution is -2.36. The minimum absolute atomic E-state index is 0.0586. The summed E-state index contributed by atoms with van der Waals surface area (Å²) in [5.41, 5.74) is 1.10. The van der Waals surface area contributed by atoms with E-state index >= 15 is 0 Å². The molecule has 4 heteroatoms. The summed E-state index contributed by atoms with van der Waals surface area (Å²) in [6.45, 7) is 1.19. The van der Waals surface area contributed by atoms with Crippen LogP contribution in [0.4, 0.5) is 0 Å². The zero-order valence-corrected chi connectivity index (χ0v) is 9.15. The van der Waals surface area contributed by atoms with Crippen LogP contribution in [0.25, 0.3) is 0 Å². The highest BCUT2D eigenvalue weighted by atomic mass is 16.7. The van der Waals surface area contributed by atoms with Crippen molar-refractivity contribution in [1.29, 1.82) is 0 Å². The third-order valence-electron chi connectivity index (χ3n) is 4.00. The molecule has 1 saturated carbocycles. The predicted molar refractivity (Wildman–Crippen MR) is 55.6 cm³/mol. The van der Waals surface area contributed by atoms with Gasteiger partial charge in [0, 0.05) is 18.8 Å². The van der Waals surface area contributed by atoms with Gasteiger partial charge < -0.3 is 14.6 Å². The molecule has 2 atom stereocenters. The van der Waals surface area contributed by atoms with E-state index in [-0.39, 0.29) is 24.2 Å². The molecular formula is C12H16O4. The van der Waals surface area contributed by atoms with Crippen LogP contribution in [0.15, 0.2) is 11.6 Å². The zero-order valence-electron chi connectivity index (χ0n) is 9.15. The van der Waals surface area contributed by atoms with Crippen LogP contribution in [0.3, 0.4) is 0 Å². The molecule has 0 aromatic carbocycles. The lowest BCUT2D eigenvalue weighted by atomic mass is 9.79. The SMILES string of the molecule is O=C1CC=C2C(CCC23OCCO3)C1CO. The molecule has 2 unspecified atom stereocenters. The van der Waals surface area contributed by atoms with Crippen molar-refractivity contribution in [2.24, 2.45) is 11.8 Å². The number of allylic oxidation sites excluding steroid dienone is 1. The number of Topliss-reactive ketones (excluding diaryl/α,β-unsaturated/α-hetero) is 1. The van der Waals surface area contributed by atoms with Gasteiger partial charge in [-0.2, -0.15) is 0 Å². The Morgan fingerprint density at radius 2 is 2.19 bits per heavy atom. The number of carbonyl (C=O) groups is 1. The molecule has 4 nitrogen and oxygen atoms in total. The van der Waals surface area contributed by atoms with Crippen molar-refractivity contribution >= 4 is 5.78 Å². The molecule has 1 saturated heterocycles. The largest absolute Gasteiger partial charge is 0.396 e. The fraction of sp³-hybridized carbons (Fsp3) is 0.750. The maximum absolute atomic E-state index is 11.7. The number of ketones is 1. The van der Waals surface area contributed by atoms with Crippen LogP contribution in [0, 0.1) is 11.8 Å². The van der Waals surface area contributed by atoms with E-state index in [0.717, 1.165) is 18.4 Å². The number of hydrogen-bond acceptors (Lipinski definition) is 4. The summed E-state index contributed by atoms with van der Waals surface area (Å²) < 4.78 is 11.4. The number of ether oxygens (including phenoxy) is 2. The second-order valence-corrected chi connectivity index (χ2v) is 4.71. The second-order valence-electron chi connectivity index (χ2n) is 4.71. The molecule has 1 spiro atoms. The predicted octanol–water partition coefficient (Wildman–Crippen LogP) is 0.647. The number of aliphatic hydroxyl groups is 1. The van der Waals surface area contributed by atoms with Gasteiger partial charge in [-0.1, -0.05) is 6.08 Å². The minimum atomic E-state index is -0.557.